The third-order valence-corrected chi connectivity index (χ3v) is 12.4. The maximum Gasteiger partial charge on any atom is 0.472 e. The minimum absolute atomic E-state index is 0.103. The summed E-state index contributed by atoms with van der Waals surface area (Å²) >= 11 is 0. The molecule has 2 rings (SSSR count). The van der Waals surface area contributed by atoms with E-state index in [0.717, 1.165) is 32.1 Å². The van der Waals surface area contributed by atoms with E-state index < -0.39 is 50.2 Å². The smallest absolute Gasteiger partial charge is 0.379 e. The fraction of sp³-hybridized carbons (Fsp3) is 0.911. The average molecular weight is 870 g/mol. The molecule has 0 radical (unpaired) electrons. The van der Waals surface area contributed by atoms with Crippen LogP contribution in [0.4, 0.5) is 0 Å². The van der Waals surface area contributed by atoms with Crippen molar-refractivity contribution in [2.75, 3.05) is 33.0 Å². The van der Waals surface area contributed by atoms with E-state index in [0.29, 0.717) is 18.8 Å². The number of azide groups is 1. The minimum Gasteiger partial charge on any atom is -0.379 e. The Morgan fingerprint density at radius 2 is 1.23 bits per heavy atom. The molecule has 0 amide bonds. The third-order valence-electron chi connectivity index (χ3n) is 11.5. The van der Waals surface area contributed by atoms with Gasteiger partial charge in [0.2, 0.25) is 0 Å². The van der Waals surface area contributed by atoms with Gasteiger partial charge >= 0.3 is 13.5 Å². The fourth-order valence-corrected chi connectivity index (χ4v) is 8.47. The van der Waals surface area contributed by atoms with E-state index in [2.05, 4.69) is 28.9 Å². The van der Waals surface area contributed by atoms with Crippen LogP contribution in [0.2, 0.25) is 0 Å². The first kappa shape index (κ1) is 54.1. The average Bonchev–Trinajstić information content (AvgIpc) is 3.63. The fourth-order valence-electron chi connectivity index (χ4n) is 7.71. The number of nitrogens with zero attached hydrogens (tertiary/aromatic N) is 4. The Bertz CT molecular complexity index is 1420. The molecule has 0 bridgehead atoms. The number of phosphoric acid groups is 1. The Morgan fingerprint density at radius 3 is 1.72 bits per heavy atom. The lowest BCUT2D eigenvalue weighted by Crippen LogP contribution is -2.33. The van der Waals surface area contributed by atoms with Crippen LogP contribution in [0.25, 0.3) is 10.4 Å². The Morgan fingerprint density at radius 1 is 0.767 bits per heavy atom. The lowest BCUT2D eigenvalue weighted by molar-refractivity contribution is -0.0503. The molecule has 0 saturated carbocycles. The summed E-state index contributed by atoms with van der Waals surface area (Å²) in [7, 11) is -4.58. The van der Waals surface area contributed by atoms with Gasteiger partial charge in [-0.1, -0.05) is 186 Å². The standard InChI is InChI=1S/C45H84N5O9P/c1-4-6-8-10-12-14-16-18-20-22-24-26-28-30-32-55-36-40(56-33-31-29-27-25-23-21-19-17-15-13-11-9-7-5-2)37-57-60(53,54)58-38-42-41(48-49-46)34-43(59-42)50-35-39(3)44(51)47-45(50)52/h35,40-43H,4-34,36-38H2,1-3H3,(H,53,54)(H,47,51,52)/t40-,41+,42-,43-/m1/s1. The number of aryl methyl sites for hydroxylation is 1. The van der Waals surface area contributed by atoms with Crippen LogP contribution < -0.4 is 11.2 Å². The van der Waals surface area contributed by atoms with Crippen LogP contribution >= 0.6 is 7.82 Å². The summed E-state index contributed by atoms with van der Waals surface area (Å²) in [6, 6.07) is -0.788. The lowest BCUT2D eigenvalue weighted by atomic mass is 10.0. The summed E-state index contributed by atoms with van der Waals surface area (Å²) in [5.41, 5.74) is 8.22. The topological polar surface area (TPSA) is 187 Å². The van der Waals surface area contributed by atoms with Crippen molar-refractivity contribution in [3.05, 3.63) is 43.0 Å². The molecule has 1 unspecified atom stereocenters. The zero-order valence-electron chi connectivity index (χ0n) is 37.9. The second-order valence-corrected chi connectivity index (χ2v) is 18.4. The van der Waals surface area contributed by atoms with E-state index >= 15 is 0 Å². The summed E-state index contributed by atoms with van der Waals surface area (Å²) < 4.78 is 42.9. The number of unbranched alkanes of at least 4 members (excludes halogenated alkanes) is 26. The van der Waals surface area contributed by atoms with Crippen LogP contribution in [0.3, 0.4) is 0 Å². The number of hydrogen-bond donors (Lipinski definition) is 2. The molecule has 1 saturated heterocycles. The van der Waals surface area contributed by atoms with Crippen molar-refractivity contribution in [1.29, 1.82) is 0 Å². The van der Waals surface area contributed by atoms with Gasteiger partial charge in [-0.3, -0.25) is 23.4 Å². The number of ether oxygens (including phenoxy) is 3. The summed E-state index contributed by atoms with van der Waals surface area (Å²) in [6.45, 7) is 6.76. The highest BCUT2D eigenvalue weighted by Gasteiger charge is 2.38. The first-order valence-corrected chi connectivity index (χ1v) is 25.5. The molecule has 0 aromatic carbocycles. The van der Waals surface area contributed by atoms with Crippen molar-refractivity contribution >= 4 is 7.82 Å². The minimum atomic E-state index is -4.58. The zero-order chi connectivity index (χ0) is 43.5. The maximum atomic E-state index is 13.0. The van der Waals surface area contributed by atoms with E-state index in [4.69, 9.17) is 28.8 Å². The molecule has 0 aliphatic carbocycles. The molecular formula is C45H84N5O9P. The van der Waals surface area contributed by atoms with Gasteiger partial charge in [0.05, 0.1) is 32.0 Å². The quantitative estimate of drug-likeness (QED) is 0.0212. The van der Waals surface area contributed by atoms with Crippen LogP contribution in [-0.4, -0.2) is 65.7 Å². The molecule has 14 nitrogen and oxygen atoms in total. The predicted molar refractivity (Wildman–Crippen MR) is 240 cm³/mol. The van der Waals surface area contributed by atoms with Crippen LogP contribution in [0.1, 0.15) is 212 Å². The first-order chi connectivity index (χ1) is 29.2. The number of hydrogen-bond acceptors (Lipinski definition) is 9. The highest BCUT2D eigenvalue weighted by Crippen LogP contribution is 2.45. The monoisotopic (exact) mass is 870 g/mol. The second kappa shape index (κ2) is 35.4. The van der Waals surface area contributed by atoms with E-state index in [1.165, 1.54) is 158 Å². The van der Waals surface area contributed by atoms with Gasteiger partial charge in [0.25, 0.3) is 5.56 Å². The normalized spacial score (nSPS) is 18.1. The van der Waals surface area contributed by atoms with Crippen molar-refractivity contribution in [2.45, 2.75) is 231 Å². The van der Waals surface area contributed by atoms with Crippen molar-refractivity contribution in [3.63, 3.8) is 0 Å². The summed E-state index contributed by atoms with van der Waals surface area (Å²) in [5, 5.41) is 3.75. The number of phosphoric ester groups is 1. The molecule has 2 heterocycles. The third kappa shape index (κ3) is 26.5. The Hall–Kier alpha value is -2.02. The second-order valence-electron chi connectivity index (χ2n) is 16.9. The molecule has 5 atom stereocenters. The molecule has 60 heavy (non-hydrogen) atoms. The molecule has 0 spiro atoms. The molecular weight excluding hydrogens is 785 g/mol. The van der Waals surface area contributed by atoms with Crippen LogP contribution in [0.5, 0.6) is 0 Å². The Balaban J connectivity index is 1.73. The molecule has 15 heteroatoms. The number of H-pyrrole nitrogens is 1. The number of rotatable bonds is 41. The van der Waals surface area contributed by atoms with E-state index in [1.54, 1.807) is 6.92 Å². The van der Waals surface area contributed by atoms with E-state index in [-0.39, 0.29) is 19.6 Å². The van der Waals surface area contributed by atoms with Gasteiger partial charge < -0.3 is 19.1 Å². The Kier molecular flexibility index (Phi) is 32.0. The zero-order valence-corrected chi connectivity index (χ0v) is 38.8. The van der Waals surface area contributed by atoms with Gasteiger partial charge in [-0.05, 0) is 25.3 Å². The van der Waals surface area contributed by atoms with Gasteiger partial charge in [-0.2, -0.15) is 0 Å². The SMILES string of the molecule is CCCCCCCCCCCCCCCCOC[C@H](COP(=O)(O)OC[C@H]1O[C@@H](n2cc(C)c(=O)[nH]c2=O)C[C@@H]1N=[N+]=[N-])OCCCCCCCCCCCCCCCC. The largest absolute Gasteiger partial charge is 0.472 e. The van der Waals surface area contributed by atoms with Gasteiger partial charge in [0.15, 0.2) is 0 Å². The van der Waals surface area contributed by atoms with Crippen LogP contribution in [-0.2, 0) is 27.8 Å². The number of nitrogens with one attached hydrogen (secondary N) is 1. The molecule has 1 aliphatic heterocycles. The molecule has 1 aliphatic rings. The predicted octanol–water partition coefficient (Wildman–Crippen LogP) is 12.3. The summed E-state index contributed by atoms with van der Waals surface area (Å²) in [5.74, 6) is 0. The first-order valence-electron chi connectivity index (χ1n) is 24.0. The maximum absolute atomic E-state index is 13.0. The van der Waals surface area contributed by atoms with Crippen LogP contribution in [0.15, 0.2) is 20.9 Å². The summed E-state index contributed by atoms with van der Waals surface area (Å²) in [4.78, 5) is 40.0. The number of aromatic nitrogens is 2. The van der Waals surface area contributed by atoms with Crippen LogP contribution in [0, 0.1) is 6.92 Å². The van der Waals surface area contributed by atoms with Gasteiger partial charge in [-0.15, -0.1) is 0 Å². The van der Waals surface area contributed by atoms with Crippen molar-refractivity contribution < 1.29 is 32.7 Å². The molecule has 1 fully saturated rings. The van der Waals surface area contributed by atoms with Crippen molar-refractivity contribution in [3.8, 4) is 0 Å². The number of aromatic amines is 1. The van der Waals surface area contributed by atoms with E-state index in [1.807, 2.05) is 0 Å². The highest BCUT2D eigenvalue weighted by atomic mass is 31.2. The molecule has 1 aromatic rings. The lowest BCUT2D eigenvalue weighted by Gasteiger charge is -2.21. The Labute approximate surface area is 361 Å². The van der Waals surface area contributed by atoms with Crippen molar-refractivity contribution in [2.24, 2.45) is 5.11 Å². The molecule has 1 aromatic heterocycles. The summed E-state index contributed by atoms with van der Waals surface area (Å²) in [6.07, 6.45) is 34.9. The van der Waals surface area contributed by atoms with E-state index in [9.17, 15) is 19.0 Å². The molecule has 2 N–H and O–H groups in total. The van der Waals surface area contributed by atoms with Gasteiger partial charge in [0.1, 0.15) is 12.3 Å². The molecule has 348 valence electrons. The van der Waals surface area contributed by atoms with Gasteiger partial charge in [0, 0.05) is 36.3 Å². The van der Waals surface area contributed by atoms with Gasteiger partial charge in [-0.25, -0.2) is 9.36 Å². The van der Waals surface area contributed by atoms with Crippen molar-refractivity contribution in [1.82, 2.24) is 9.55 Å². The highest BCUT2D eigenvalue weighted by molar-refractivity contribution is 7.47.